The maximum absolute atomic E-state index is 10.7. The number of aliphatic carboxylic acids is 1. The number of piperidine rings is 1. The molecule has 0 aromatic rings. The fourth-order valence-electron chi connectivity index (χ4n) is 1.51. The average molecular weight is 171 g/mol. The number of hydrogen-bond acceptors (Lipinski definition) is 2. The van der Waals surface area contributed by atoms with E-state index in [0.717, 1.165) is 12.8 Å². The maximum Gasteiger partial charge on any atom is 0.308 e. The Bertz CT molecular complexity index is 193. The van der Waals surface area contributed by atoms with E-state index < -0.39 is 5.97 Å². The second kappa shape index (κ2) is 3.56. The van der Waals surface area contributed by atoms with Crippen LogP contribution in [0.4, 0.5) is 0 Å². The summed E-state index contributed by atoms with van der Waals surface area (Å²) in [5.41, 5.74) is 0. The van der Waals surface area contributed by atoms with Crippen molar-refractivity contribution in [3.05, 3.63) is 0 Å². The van der Waals surface area contributed by atoms with Crippen molar-refractivity contribution in [1.82, 2.24) is 4.90 Å². The minimum atomic E-state index is -0.797. The van der Waals surface area contributed by atoms with E-state index in [1.54, 1.807) is 0 Å². The molecule has 0 aromatic carbocycles. The molecule has 2 atom stereocenters. The number of amides is 1. The first kappa shape index (κ1) is 9.03. The highest BCUT2D eigenvalue weighted by molar-refractivity contribution is 5.71. The second-order valence-corrected chi connectivity index (χ2v) is 3.31. The number of carbonyl (C=O) groups excluding carboxylic acids is 1. The number of hydrogen-bond donors (Lipinski definition) is 1. The Hall–Kier alpha value is -1.06. The van der Waals surface area contributed by atoms with E-state index in [9.17, 15) is 9.59 Å². The van der Waals surface area contributed by atoms with Crippen LogP contribution in [-0.4, -0.2) is 35.5 Å². The third-order valence-electron chi connectivity index (χ3n) is 2.46. The van der Waals surface area contributed by atoms with Gasteiger partial charge in [0.1, 0.15) is 0 Å². The molecule has 0 bridgehead atoms. The molecule has 68 valence electrons. The zero-order valence-electron chi connectivity index (χ0n) is 7.06. The lowest BCUT2D eigenvalue weighted by Crippen LogP contribution is -2.42. The summed E-state index contributed by atoms with van der Waals surface area (Å²) in [4.78, 5) is 22.6. The van der Waals surface area contributed by atoms with Crippen LogP contribution in [0, 0.1) is 11.8 Å². The SMILES string of the molecule is CC1CCN(C=O)CC1C(=O)O. The molecule has 4 heteroatoms. The number of carboxylic acids is 1. The predicted molar refractivity (Wildman–Crippen MR) is 42.5 cm³/mol. The van der Waals surface area contributed by atoms with Gasteiger partial charge in [0.25, 0.3) is 0 Å². The molecule has 2 unspecified atom stereocenters. The molecule has 0 aliphatic carbocycles. The van der Waals surface area contributed by atoms with Crippen LogP contribution in [-0.2, 0) is 9.59 Å². The van der Waals surface area contributed by atoms with E-state index in [4.69, 9.17) is 5.11 Å². The van der Waals surface area contributed by atoms with Gasteiger partial charge in [-0.3, -0.25) is 9.59 Å². The van der Waals surface area contributed by atoms with Crippen molar-refractivity contribution in [2.24, 2.45) is 11.8 Å². The van der Waals surface area contributed by atoms with Gasteiger partial charge in [-0.15, -0.1) is 0 Å². The number of likely N-dealkylation sites (tertiary alicyclic amines) is 1. The van der Waals surface area contributed by atoms with Crippen molar-refractivity contribution in [3.63, 3.8) is 0 Å². The van der Waals surface area contributed by atoms with Crippen molar-refractivity contribution in [3.8, 4) is 0 Å². The zero-order chi connectivity index (χ0) is 9.14. The lowest BCUT2D eigenvalue weighted by Gasteiger charge is -2.32. The highest BCUT2D eigenvalue weighted by Crippen LogP contribution is 2.22. The summed E-state index contributed by atoms with van der Waals surface area (Å²) in [6.45, 7) is 2.97. The minimum Gasteiger partial charge on any atom is -0.481 e. The summed E-state index contributed by atoms with van der Waals surface area (Å²) in [7, 11) is 0. The first-order chi connectivity index (χ1) is 5.65. The molecule has 0 aromatic heterocycles. The summed E-state index contributed by atoms with van der Waals surface area (Å²) in [5, 5.41) is 8.78. The third-order valence-corrected chi connectivity index (χ3v) is 2.46. The van der Waals surface area contributed by atoms with Gasteiger partial charge in [-0.05, 0) is 12.3 Å². The summed E-state index contributed by atoms with van der Waals surface area (Å²) >= 11 is 0. The van der Waals surface area contributed by atoms with Gasteiger partial charge < -0.3 is 10.0 Å². The van der Waals surface area contributed by atoms with Gasteiger partial charge in [0.2, 0.25) is 6.41 Å². The van der Waals surface area contributed by atoms with Crippen molar-refractivity contribution in [1.29, 1.82) is 0 Å². The van der Waals surface area contributed by atoms with Crippen LogP contribution in [0.15, 0.2) is 0 Å². The summed E-state index contributed by atoms with van der Waals surface area (Å²) in [6.07, 6.45) is 1.51. The molecular weight excluding hydrogens is 158 g/mol. The van der Waals surface area contributed by atoms with Crippen LogP contribution < -0.4 is 0 Å². The lowest BCUT2D eigenvalue weighted by atomic mass is 9.87. The predicted octanol–water partition coefficient (Wildman–Crippen LogP) is 0.185. The van der Waals surface area contributed by atoms with Crippen molar-refractivity contribution < 1.29 is 14.7 Å². The van der Waals surface area contributed by atoms with E-state index in [0.29, 0.717) is 13.1 Å². The molecular formula is C8H13NO3. The number of carboxylic acid groups (broad SMARTS) is 1. The molecule has 0 spiro atoms. The maximum atomic E-state index is 10.7. The molecule has 1 aliphatic rings. The van der Waals surface area contributed by atoms with Gasteiger partial charge in [0, 0.05) is 13.1 Å². The summed E-state index contributed by atoms with van der Waals surface area (Å²) in [5.74, 6) is -1.00. The number of nitrogens with zero attached hydrogens (tertiary/aromatic N) is 1. The molecule has 1 N–H and O–H groups in total. The molecule has 12 heavy (non-hydrogen) atoms. The lowest BCUT2D eigenvalue weighted by molar-refractivity contribution is -0.146. The van der Waals surface area contributed by atoms with Crippen LogP contribution in [0.3, 0.4) is 0 Å². The minimum absolute atomic E-state index is 0.179. The number of rotatable bonds is 2. The highest BCUT2D eigenvalue weighted by Gasteiger charge is 2.30. The second-order valence-electron chi connectivity index (χ2n) is 3.31. The Morgan fingerprint density at radius 2 is 2.33 bits per heavy atom. The molecule has 1 aliphatic heterocycles. The zero-order valence-corrected chi connectivity index (χ0v) is 7.06. The average Bonchev–Trinajstić information content (AvgIpc) is 2.05. The largest absolute Gasteiger partial charge is 0.481 e. The van der Waals surface area contributed by atoms with Crippen molar-refractivity contribution >= 4 is 12.4 Å². The van der Waals surface area contributed by atoms with Crippen LogP contribution in [0.5, 0.6) is 0 Å². The summed E-state index contributed by atoms with van der Waals surface area (Å²) in [6, 6.07) is 0. The number of carbonyl (C=O) groups is 2. The van der Waals surface area contributed by atoms with E-state index >= 15 is 0 Å². The fraction of sp³-hybridized carbons (Fsp3) is 0.750. The Morgan fingerprint density at radius 3 is 2.83 bits per heavy atom. The van der Waals surface area contributed by atoms with E-state index in [1.165, 1.54) is 4.90 Å². The topological polar surface area (TPSA) is 57.6 Å². The van der Waals surface area contributed by atoms with Gasteiger partial charge in [-0.2, -0.15) is 0 Å². The third kappa shape index (κ3) is 1.75. The summed E-state index contributed by atoms with van der Waals surface area (Å²) < 4.78 is 0. The normalized spacial score (nSPS) is 29.9. The molecule has 0 saturated carbocycles. The van der Waals surface area contributed by atoms with Gasteiger partial charge in [-0.25, -0.2) is 0 Å². The van der Waals surface area contributed by atoms with Crippen molar-refractivity contribution in [2.45, 2.75) is 13.3 Å². The smallest absolute Gasteiger partial charge is 0.308 e. The standard InChI is InChI=1S/C8H13NO3/c1-6-2-3-9(5-10)4-7(6)8(11)12/h5-7H,2-4H2,1H3,(H,11,12). The quantitative estimate of drug-likeness (QED) is 0.603. The van der Waals surface area contributed by atoms with E-state index in [2.05, 4.69) is 0 Å². The Morgan fingerprint density at radius 1 is 1.67 bits per heavy atom. The molecule has 1 fully saturated rings. The fourth-order valence-corrected chi connectivity index (χ4v) is 1.51. The Labute approximate surface area is 71.2 Å². The van der Waals surface area contributed by atoms with Gasteiger partial charge in [0.05, 0.1) is 5.92 Å². The van der Waals surface area contributed by atoms with Gasteiger partial charge in [-0.1, -0.05) is 6.92 Å². The van der Waals surface area contributed by atoms with Crippen molar-refractivity contribution in [2.75, 3.05) is 13.1 Å². The highest BCUT2D eigenvalue weighted by atomic mass is 16.4. The molecule has 1 rings (SSSR count). The molecule has 1 saturated heterocycles. The molecule has 0 radical (unpaired) electrons. The van der Waals surface area contributed by atoms with Gasteiger partial charge in [0.15, 0.2) is 0 Å². The van der Waals surface area contributed by atoms with Crippen LogP contribution in [0.2, 0.25) is 0 Å². The first-order valence-electron chi connectivity index (χ1n) is 4.07. The Balaban J connectivity index is 2.58. The van der Waals surface area contributed by atoms with Crippen LogP contribution in [0.25, 0.3) is 0 Å². The van der Waals surface area contributed by atoms with E-state index in [1.807, 2.05) is 6.92 Å². The van der Waals surface area contributed by atoms with Crippen LogP contribution >= 0.6 is 0 Å². The Kier molecular flexibility index (Phi) is 2.68. The molecule has 4 nitrogen and oxygen atoms in total. The van der Waals surface area contributed by atoms with E-state index in [-0.39, 0.29) is 11.8 Å². The molecule has 1 amide bonds. The van der Waals surface area contributed by atoms with Gasteiger partial charge >= 0.3 is 5.97 Å². The first-order valence-corrected chi connectivity index (χ1v) is 4.07. The monoisotopic (exact) mass is 171 g/mol. The van der Waals surface area contributed by atoms with Crippen LogP contribution in [0.1, 0.15) is 13.3 Å². The molecule has 1 heterocycles.